The molecular weight excluding hydrogens is 414 g/mol. The van der Waals surface area contributed by atoms with Gasteiger partial charge in [-0.05, 0) is 95.2 Å². The van der Waals surface area contributed by atoms with E-state index in [1.54, 1.807) is 18.2 Å². The van der Waals surface area contributed by atoms with Gasteiger partial charge in [-0.15, -0.1) is 0 Å². The highest BCUT2D eigenvalue weighted by molar-refractivity contribution is 6.31. The maximum absolute atomic E-state index is 12.5. The molecule has 0 atom stereocenters. The van der Waals surface area contributed by atoms with Gasteiger partial charge in [0.15, 0.2) is 0 Å². The van der Waals surface area contributed by atoms with E-state index in [-0.39, 0.29) is 12.0 Å². The maximum atomic E-state index is 12.5. The van der Waals surface area contributed by atoms with Crippen molar-refractivity contribution < 1.29 is 14.3 Å². The predicted octanol–water partition coefficient (Wildman–Crippen LogP) is 5.70. The van der Waals surface area contributed by atoms with Crippen LogP contribution in [-0.2, 0) is 9.53 Å². The van der Waals surface area contributed by atoms with Crippen molar-refractivity contribution in [3.8, 4) is 0 Å². The van der Waals surface area contributed by atoms with Gasteiger partial charge in [-0.1, -0.05) is 11.6 Å². The van der Waals surface area contributed by atoms with E-state index in [0.29, 0.717) is 40.6 Å². The normalized spacial score (nSPS) is 22.8. The van der Waals surface area contributed by atoms with Gasteiger partial charge in [0, 0.05) is 24.5 Å². The largest absolute Gasteiger partial charge is 0.444 e. The van der Waals surface area contributed by atoms with Gasteiger partial charge < -0.3 is 20.7 Å². The third kappa shape index (κ3) is 7.03. The first kappa shape index (κ1) is 23.7. The molecule has 2 aliphatic rings. The highest BCUT2D eigenvalue weighted by Gasteiger charge is 2.33. The minimum atomic E-state index is -0.447. The quantitative estimate of drug-likeness (QED) is 0.577. The number of nitrogens with one attached hydrogen (secondary N) is 1. The van der Waals surface area contributed by atoms with Crippen LogP contribution in [0.1, 0.15) is 65.7 Å². The van der Waals surface area contributed by atoms with Crippen LogP contribution in [-0.4, -0.2) is 35.6 Å². The summed E-state index contributed by atoms with van der Waals surface area (Å²) >= 11 is 5.92. The summed E-state index contributed by atoms with van der Waals surface area (Å²) in [5.41, 5.74) is 6.60. The molecule has 3 rings (SSSR count). The first-order valence-corrected chi connectivity index (χ1v) is 11.8. The van der Waals surface area contributed by atoms with Crippen LogP contribution in [0.3, 0.4) is 0 Å². The SMILES string of the molecule is CC(C)(C)OC(=O)N1CCC(C2CCC(CC(=O)Nc3ccc(Cl)cc3N)CC2)CC1. The average molecular weight is 450 g/mol. The Balaban J connectivity index is 1.39. The second kappa shape index (κ2) is 10.1. The third-order valence-corrected chi connectivity index (χ3v) is 6.75. The van der Waals surface area contributed by atoms with E-state index in [1.807, 2.05) is 25.7 Å². The number of nitrogens with zero attached hydrogens (tertiary/aromatic N) is 1. The molecule has 3 N–H and O–H groups in total. The van der Waals surface area contributed by atoms with Crippen LogP contribution in [0.25, 0.3) is 0 Å². The Morgan fingerprint density at radius 1 is 1.10 bits per heavy atom. The van der Waals surface area contributed by atoms with Crippen molar-refractivity contribution in [2.45, 2.75) is 71.3 Å². The number of halogens is 1. The lowest BCUT2D eigenvalue weighted by molar-refractivity contribution is -0.117. The summed E-state index contributed by atoms with van der Waals surface area (Å²) in [4.78, 5) is 26.6. The minimum Gasteiger partial charge on any atom is -0.444 e. The smallest absolute Gasteiger partial charge is 0.410 e. The number of rotatable bonds is 4. The maximum Gasteiger partial charge on any atom is 0.410 e. The zero-order chi connectivity index (χ0) is 22.6. The van der Waals surface area contributed by atoms with Crippen molar-refractivity contribution in [1.29, 1.82) is 0 Å². The van der Waals surface area contributed by atoms with Crippen molar-refractivity contribution in [1.82, 2.24) is 4.90 Å². The monoisotopic (exact) mass is 449 g/mol. The molecule has 1 saturated heterocycles. The van der Waals surface area contributed by atoms with Gasteiger partial charge in [0.05, 0.1) is 11.4 Å². The first-order chi connectivity index (χ1) is 14.6. The predicted molar refractivity (Wildman–Crippen MR) is 125 cm³/mol. The number of hydrogen-bond acceptors (Lipinski definition) is 4. The molecule has 1 aliphatic heterocycles. The second-order valence-corrected chi connectivity index (χ2v) is 10.5. The topological polar surface area (TPSA) is 84.7 Å². The summed E-state index contributed by atoms with van der Waals surface area (Å²) in [6.45, 7) is 7.27. The van der Waals surface area contributed by atoms with Crippen LogP contribution in [0.4, 0.5) is 16.2 Å². The fourth-order valence-electron chi connectivity index (χ4n) is 4.85. The van der Waals surface area contributed by atoms with Gasteiger partial charge in [0.25, 0.3) is 0 Å². The van der Waals surface area contributed by atoms with E-state index in [1.165, 1.54) is 0 Å². The lowest BCUT2D eigenvalue weighted by Gasteiger charge is -2.39. The Kier molecular flexibility index (Phi) is 7.73. The molecule has 1 aromatic carbocycles. The Labute approximate surface area is 190 Å². The third-order valence-electron chi connectivity index (χ3n) is 6.51. The molecule has 31 heavy (non-hydrogen) atoms. The first-order valence-electron chi connectivity index (χ1n) is 11.4. The number of benzene rings is 1. The van der Waals surface area contributed by atoms with Crippen molar-refractivity contribution in [2.24, 2.45) is 17.8 Å². The highest BCUT2D eigenvalue weighted by atomic mass is 35.5. The zero-order valence-corrected chi connectivity index (χ0v) is 19.7. The highest BCUT2D eigenvalue weighted by Crippen LogP contribution is 2.39. The molecule has 2 amide bonds. The summed E-state index contributed by atoms with van der Waals surface area (Å²) in [5.74, 6) is 1.81. The number of likely N-dealkylation sites (tertiary alicyclic amines) is 1. The molecule has 7 heteroatoms. The molecule has 1 aromatic rings. The molecule has 1 saturated carbocycles. The summed E-state index contributed by atoms with van der Waals surface area (Å²) in [6.07, 6.45) is 6.93. The van der Waals surface area contributed by atoms with Crippen LogP contribution >= 0.6 is 11.6 Å². The molecule has 172 valence electrons. The van der Waals surface area contributed by atoms with Gasteiger partial charge in [-0.2, -0.15) is 0 Å². The lowest BCUT2D eigenvalue weighted by Crippen LogP contribution is -2.43. The summed E-state index contributed by atoms with van der Waals surface area (Å²) in [7, 11) is 0. The second-order valence-electron chi connectivity index (χ2n) is 10.1. The van der Waals surface area contributed by atoms with Crippen molar-refractivity contribution in [3.63, 3.8) is 0 Å². The van der Waals surface area contributed by atoms with Crippen LogP contribution < -0.4 is 11.1 Å². The zero-order valence-electron chi connectivity index (χ0n) is 19.0. The molecule has 6 nitrogen and oxygen atoms in total. The van der Waals surface area contributed by atoms with Crippen LogP contribution in [0.5, 0.6) is 0 Å². The number of nitrogens with two attached hydrogens (primary N) is 1. The summed E-state index contributed by atoms with van der Waals surface area (Å²) < 4.78 is 5.50. The van der Waals surface area contributed by atoms with Gasteiger partial charge in [-0.3, -0.25) is 4.79 Å². The number of ether oxygens (including phenoxy) is 1. The molecule has 0 unspecified atom stereocenters. The van der Waals surface area contributed by atoms with Gasteiger partial charge in [0.2, 0.25) is 5.91 Å². The van der Waals surface area contributed by atoms with E-state index >= 15 is 0 Å². The molecule has 0 bridgehead atoms. The molecule has 0 aromatic heterocycles. The van der Waals surface area contributed by atoms with Crippen molar-refractivity contribution in [2.75, 3.05) is 24.1 Å². The van der Waals surface area contributed by atoms with E-state index in [9.17, 15) is 9.59 Å². The lowest BCUT2D eigenvalue weighted by atomic mass is 9.72. The molecule has 1 aliphatic carbocycles. The number of carbonyl (C=O) groups excluding carboxylic acids is 2. The van der Waals surface area contributed by atoms with Crippen LogP contribution in [0, 0.1) is 17.8 Å². The average Bonchev–Trinajstić information content (AvgIpc) is 2.69. The number of anilines is 2. The van der Waals surface area contributed by atoms with E-state index in [2.05, 4.69) is 5.32 Å². The van der Waals surface area contributed by atoms with Crippen LogP contribution in [0.2, 0.25) is 5.02 Å². The molecule has 1 heterocycles. The fraction of sp³-hybridized carbons (Fsp3) is 0.667. The number of amides is 2. The molecule has 2 fully saturated rings. The molecular formula is C24H36ClN3O3. The standard InChI is InChI=1S/C24H36ClN3O3/c1-24(2,3)31-23(30)28-12-10-18(11-13-28)17-6-4-16(5-7-17)14-22(29)27-21-9-8-19(25)15-20(21)26/h8-9,15-18H,4-7,10-14,26H2,1-3H3,(H,27,29). The van der Waals surface area contributed by atoms with E-state index < -0.39 is 5.60 Å². The van der Waals surface area contributed by atoms with E-state index in [0.717, 1.165) is 51.6 Å². The molecule has 0 spiro atoms. The number of carbonyl (C=O) groups is 2. The van der Waals surface area contributed by atoms with Gasteiger partial charge in [-0.25, -0.2) is 4.79 Å². The minimum absolute atomic E-state index is 0.0168. The Bertz CT molecular complexity index is 777. The van der Waals surface area contributed by atoms with Crippen molar-refractivity contribution in [3.05, 3.63) is 23.2 Å². The summed E-state index contributed by atoms with van der Waals surface area (Å²) in [6, 6.07) is 5.12. The van der Waals surface area contributed by atoms with Crippen molar-refractivity contribution >= 4 is 35.0 Å². The number of hydrogen-bond donors (Lipinski definition) is 2. The Morgan fingerprint density at radius 2 is 1.71 bits per heavy atom. The number of piperidine rings is 1. The number of nitrogen functional groups attached to an aromatic ring is 1. The molecule has 0 radical (unpaired) electrons. The summed E-state index contributed by atoms with van der Waals surface area (Å²) in [5, 5.41) is 3.48. The van der Waals surface area contributed by atoms with Gasteiger partial charge >= 0.3 is 6.09 Å². The Morgan fingerprint density at radius 3 is 2.29 bits per heavy atom. The fourth-order valence-corrected chi connectivity index (χ4v) is 5.04. The van der Waals surface area contributed by atoms with Crippen LogP contribution in [0.15, 0.2) is 18.2 Å². The van der Waals surface area contributed by atoms with Gasteiger partial charge in [0.1, 0.15) is 5.60 Å². The Hall–Kier alpha value is -1.95. The van der Waals surface area contributed by atoms with E-state index in [4.69, 9.17) is 22.1 Å².